The summed E-state index contributed by atoms with van der Waals surface area (Å²) in [6.07, 6.45) is 0. The predicted molar refractivity (Wildman–Crippen MR) is 110 cm³/mol. The van der Waals surface area contributed by atoms with Gasteiger partial charge >= 0.3 is 0 Å². The normalized spacial score (nSPS) is 10.9. The van der Waals surface area contributed by atoms with Gasteiger partial charge in [-0.1, -0.05) is 48.0 Å². The van der Waals surface area contributed by atoms with E-state index in [2.05, 4.69) is 5.32 Å². The maximum absolute atomic E-state index is 14.0. The summed E-state index contributed by atoms with van der Waals surface area (Å²) in [5, 5.41) is 3.58. The van der Waals surface area contributed by atoms with Crippen molar-refractivity contribution in [2.45, 2.75) is 6.92 Å². The fraction of sp³-hybridized carbons (Fsp3) is 0.0435. The Morgan fingerprint density at radius 1 is 1.00 bits per heavy atom. The highest BCUT2D eigenvalue weighted by Crippen LogP contribution is 2.33. The van der Waals surface area contributed by atoms with Gasteiger partial charge in [0.15, 0.2) is 5.76 Å². The van der Waals surface area contributed by atoms with E-state index in [9.17, 15) is 14.0 Å². The van der Waals surface area contributed by atoms with E-state index < -0.39 is 17.5 Å². The van der Waals surface area contributed by atoms with E-state index in [4.69, 9.17) is 16.0 Å². The number of aryl methyl sites for hydroxylation is 1. The average molecular weight is 408 g/mol. The molecule has 4 aromatic rings. The molecular formula is C23H15ClFNO3. The van der Waals surface area contributed by atoms with Crippen molar-refractivity contribution in [2.75, 3.05) is 5.32 Å². The van der Waals surface area contributed by atoms with Crippen LogP contribution >= 0.6 is 11.6 Å². The Balaban J connectivity index is 1.80. The molecule has 1 aromatic heterocycles. The largest absolute Gasteiger partial charge is 0.450 e. The standard InChI is InChI=1S/C23H15ClFNO3/c1-13-10-11-14(12-18(13)25)21(27)22-20(16-7-3-5-9-19(16)29-22)26-23(28)15-6-2-4-8-17(15)24/h2-12H,1H3,(H,26,28). The Bertz CT molecular complexity index is 1260. The van der Waals surface area contributed by atoms with Gasteiger partial charge in [0.1, 0.15) is 11.4 Å². The number of halogens is 2. The molecule has 0 radical (unpaired) electrons. The van der Waals surface area contributed by atoms with Crippen LogP contribution in [0.25, 0.3) is 11.0 Å². The summed E-state index contributed by atoms with van der Waals surface area (Å²) >= 11 is 6.12. The number of rotatable bonds is 4. The first-order valence-electron chi connectivity index (χ1n) is 8.84. The van der Waals surface area contributed by atoms with Crippen molar-refractivity contribution in [3.8, 4) is 0 Å². The van der Waals surface area contributed by atoms with Gasteiger partial charge in [-0.3, -0.25) is 9.59 Å². The summed E-state index contributed by atoms with van der Waals surface area (Å²) in [5.41, 5.74) is 1.47. The monoisotopic (exact) mass is 407 g/mol. The zero-order valence-corrected chi connectivity index (χ0v) is 16.1. The van der Waals surface area contributed by atoms with Gasteiger partial charge < -0.3 is 9.73 Å². The van der Waals surface area contributed by atoms with E-state index in [0.717, 1.165) is 6.07 Å². The van der Waals surface area contributed by atoms with Gasteiger partial charge in [0.25, 0.3) is 5.91 Å². The van der Waals surface area contributed by atoms with Crippen LogP contribution in [0.2, 0.25) is 5.02 Å². The smallest absolute Gasteiger partial charge is 0.257 e. The number of fused-ring (bicyclic) bond motifs is 1. The van der Waals surface area contributed by atoms with E-state index in [-0.39, 0.29) is 27.6 Å². The molecule has 1 N–H and O–H groups in total. The minimum Gasteiger partial charge on any atom is -0.450 e. The third kappa shape index (κ3) is 3.52. The summed E-state index contributed by atoms with van der Waals surface area (Å²) < 4.78 is 19.7. The topological polar surface area (TPSA) is 59.3 Å². The van der Waals surface area contributed by atoms with Gasteiger partial charge in [0.05, 0.1) is 16.3 Å². The van der Waals surface area contributed by atoms with Crippen molar-refractivity contribution in [3.05, 3.63) is 100 Å². The van der Waals surface area contributed by atoms with Gasteiger partial charge in [-0.05, 0) is 42.8 Å². The molecule has 0 bridgehead atoms. The lowest BCUT2D eigenvalue weighted by atomic mass is 10.0. The van der Waals surface area contributed by atoms with Crippen LogP contribution in [0.3, 0.4) is 0 Å². The Hall–Kier alpha value is -3.44. The molecule has 144 valence electrons. The van der Waals surface area contributed by atoms with E-state index in [0.29, 0.717) is 16.5 Å². The molecule has 4 nitrogen and oxygen atoms in total. The lowest BCUT2D eigenvalue weighted by Gasteiger charge is -2.08. The number of anilines is 1. The van der Waals surface area contributed by atoms with E-state index in [1.54, 1.807) is 55.5 Å². The summed E-state index contributed by atoms with van der Waals surface area (Å²) in [4.78, 5) is 25.8. The number of furan rings is 1. The average Bonchev–Trinajstić information content (AvgIpc) is 3.08. The number of hydrogen-bond acceptors (Lipinski definition) is 3. The SMILES string of the molecule is Cc1ccc(C(=O)c2oc3ccccc3c2NC(=O)c2ccccc2Cl)cc1F. The maximum Gasteiger partial charge on any atom is 0.257 e. The summed E-state index contributed by atoms with van der Waals surface area (Å²) in [5.74, 6) is -1.58. The van der Waals surface area contributed by atoms with Crippen LogP contribution in [0.1, 0.15) is 32.0 Å². The molecule has 4 rings (SSSR count). The second-order valence-corrected chi connectivity index (χ2v) is 6.94. The number of nitrogens with one attached hydrogen (secondary N) is 1. The fourth-order valence-electron chi connectivity index (χ4n) is 3.02. The molecule has 6 heteroatoms. The third-order valence-electron chi connectivity index (χ3n) is 4.59. The Morgan fingerprint density at radius 2 is 1.72 bits per heavy atom. The molecular weight excluding hydrogens is 393 g/mol. The van der Waals surface area contributed by atoms with E-state index in [1.165, 1.54) is 12.1 Å². The fourth-order valence-corrected chi connectivity index (χ4v) is 3.24. The molecule has 1 amide bonds. The summed E-state index contributed by atoms with van der Waals surface area (Å²) in [6.45, 7) is 1.61. The number of benzene rings is 3. The number of hydrogen-bond donors (Lipinski definition) is 1. The van der Waals surface area contributed by atoms with Crippen molar-refractivity contribution in [1.82, 2.24) is 0 Å². The quantitative estimate of drug-likeness (QED) is 0.421. The number of amides is 1. The number of carbonyl (C=O) groups excluding carboxylic acids is 2. The summed E-state index contributed by atoms with van der Waals surface area (Å²) in [7, 11) is 0. The van der Waals surface area contributed by atoms with Gasteiger partial charge in [-0.25, -0.2) is 4.39 Å². The molecule has 0 saturated heterocycles. The van der Waals surface area contributed by atoms with Crippen molar-refractivity contribution in [2.24, 2.45) is 0 Å². The highest BCUT2D eigenvalue weighted by molar-refractivity contribution is 6.34. The molecule has 29 heavy (non-hydrogen) atoms. The van der Waals surface area contributed by atoms with Crippen molar-refractivity contribution in [1.29, 1.82) is 0 Å². The maximum atomic E-state index is 14.0. The molecule has 3 aromatic carbocycles. The lowest BCUT2D eigenvalue weighted by Crippen LogP contribution is -2.15. The molecule has 0 aliphatic carbocycles. The molecule has 0 fully saturated rings. The molecule has 1 heterocycles. The van der Waals surface area contributed by atoms with Crippen LogP contribution in [0.4, 0.5) is 10.1 Å². The third-order valence-corrected chi connectivity index (χ3v) is 4.92. The first-order chi connectivity index (χ1) is 14.0. The molecule has 0 atom stereocenters. The molecule has 0 unspecified atom stereocenters. The van der Waals surface area contributed by atoms with Crippen LogP contribution in [0.5, 0.6) is 0 Å². The predicted octanol–water partition coefficient (Wildman–Crippen LogP) is 6.02. The summed E-state index contributed by atoms with van der Waals surface area (Å²) in [6, 6.07) is 17.7. The van der Waals surface area contributed by atoms with Gasteiger partial charge in [-0.2, -0.15) is 0 Å². The van der Waals surface area contributed by atoms with Crippen LogP contribution < -0.4 is 5.32 Å². The minimum atomic E-state index is -0.533. The van der Waals surface area contributed by atoms with E-state index in [1.807, 2.05) is 0 Å². The number of carbonyl (C=O) groups is 2. The molecule has 0 aliphatic rings. The lowest BCUT2D eigenvalue weighted by molar-refractivity contribution is 0.101. The molecule has 0 saturated carbocycles. The zero-order valence-electron chi connectivity index (χ0n) is 15.3. The minimum absolute atomic E-state index is 0.0742. The van der Waals surface area contributed by atoms with Crippen molar-refractivity contribution in [3.63, 3.8) is 0 Å². The first kappa shape index (κ1) is 18.9. The Kier molecular flexibility index (Phi) is 4.91. The van der Waals surface area contributed by atoms with Gasteiger partial charge in [0.2, 0.25) is 5.78 Å². The van der Waals surface area contributed by atoms with Crippen molar-refractivity contribution < 1.29 is 18.4 Å². The Morgan fingerprint density at radius 3 is 2.48 bits per heavy atom. The van der Waals surface area contributed by atoms with Crippen LogP contribution in [-0.2, 0) is 0 Å². The molecule has 0 spiro atoms. The number of para-hydroxylation sites is 1. The highest BCUT2D eigenvalue weighted by atomic mass is 35.5. The van der Waals surface area contributed by atoms with Crippen molar-refractivity contribution >= 4 is 39.9 Å². The van der Waals surface area contributed by atoms with E-state index >= 15 is 0 Å². The Labute approximate surface area is 170 Å². The van der Waals surface area contributed by atoms with Crippen LogP contribution in [0.15, 0.2) is 71.1 Å². The zero-order chi connectivity index (χ0) is 20.5. The second-order valence-electron chi connectivity index (χ2n) is 6.53. The van der Waals surface area contributed by atoms with Gasteiger partial charge in [0, 0.05) is 10.9 Å². The van der Waals surface area contributed by atoms with Crippen LogP contribution in [-0.4, -0.2) is 11.7 Å². The highest BCUT2D eigenvalue weighted by Gasteiger charge is 2.24. The van der Waals surface area contributed by atoms with Gasteiger partial charge in [-0.15, -0.1) is 0 Å². The second kappa shape index (κ2) is 7.53. The first-order valence-corrected chi connectivity index (χ1v) is 9.22. The molecule has 0 aliphatic heterocycles. The van der Waals surface area contributed by atoms with Crippen LogP contribution in [0, 0.1) is 12.7 Å². The number of ketones is 1.